The van der Waals surface area contributed by atoms with Gasteiger partial charge in [0.15, 0.2) is 16.7 Å². The zero-order valence-corrected chi connectivity index (χ0v) is 15.9. The second-order valence-corrected chi connectivity index (χ2v) is 8.50. The molecule has 0 saturated heterocycles. The molecule has 0 spiro atoms. The molecule has 6 nitrogen and oxygen atoms in total. The number of hydrogen-bond donors (Lipinski definition) is 0. The Kier molecular flexibility index (Phi) is 3.80. The van der Waals surface area contributed by atoms with Gasteiger partial charge >= 0.3 is 0 Å². The number of thiazole rings is 1. The van der Waals surface area contributed by atoms with Crippen LogP contribution in [0.15, 0.2) is 35.7 Å². The molecule has 27 heavy (non-hydrogen) atoms. The second kappa shape index (κ2) is 6.21. The number of hydrogen-bond acceptors (Lipinski definition) is 6. The van der Waals surface area contributed by atoms with Crippen LogP contribution < -0.4 is 0 Å². The summed E-state index contributed by atoms with van der Waals surface area (Å²) < 4.78 is 16.3. The molecule has 0 radical (unpaired) electrons. The molecule has 1 atom stereocenters. The number of nitrogens with zero attached hydrogens (tertiary/aromatic N) is 5. The third-order valence-corrected chi connectivity index (χ3v) is 6.85. The van der Waals surface area contributed by atoms with Crippen LogP contribution >= 0.6 is 22.7 Å². The fourth-order valence-electron chi connectivity index (χ4n) is 3.34. The van der Waals surface area contributed by atoms with E-state index in [1.54, 1.807) is 27.6 Å². The van der Waals surface area contributed by atoms with Crippen molar-refractivity contribution in [3.63, 3.8) is 0 Å². The van der Waals surface area contributed by atoms with E-state index in [0.29, 0.717) is 18.7 Å². The second-order valence-electron chi connectivity index (χ2n) is 6.33. The number of fused-ring (bicyclic) bond motifs is 2. The molecule has 0 aliphatic carbocycles. The maximum atomic E-state index is 13.1. The van der Waals surface area contributed by atoms with Crippen molar-refractivity contribution in [3.05, 3.63) is 52.9 Å². The van der Waals surface area contributed by atoms with Crippen molar-refractivity contribution in [2.24, 2.45) is 0 Å². The van der Waals surface area contributed by atoms with Gasteiger partial charge in [-0.25, -0.2) is 9.37 Å². The van der Waals surface area contributed by atoms with Gasteiger partial charge in [0.05, 0.1) is 11.6 Å². The van der Waals surface area contributed by atoms with Crippen molar-refractivity contribution < 1.29 is 9.18 Å². The number of carbonyl (C=O) groups excluding carboxylic acids is 1. The van der Waals surface area contributed by atoms with Gasteiger partial charge in [0.1, 0.15) is 9.83 Å². The highest BCUT2D eigenvalue weighted by molar-refractivity contribution is 7.38. The van der Waals surface area contributed by atoms with Gasteiger partial charge in [-0.15, -0.1) is 21.5 Å². The Morgan fingerprint density at radius 1 is 1.19 bits per heavy atom. The van der Waals surface area contributed by atoms with Gasteiger partial charge in [-0.2, -0.15) is 0 Å². The van der Waals surface area contributed by atoms with Crippen LogP contribution in [0.2, 0.25) is 0 Å². The molecule has 136 valence electrons. The van der Waals surface area contributed by atoms with Gasteiger partial charge in [-0.1, -0.05) is 11.3 Å². The van der Waals surface area contributed by atoms with E-state index in [4.69, 9.17) is 0 Å². The topological polar surface area (TPSA) is 63.9 Å². The molecule has 4 heterocycles. The van der Waals surface area contributed by atoms with Crippen LogP contribution in [0.1, 0.15) is 29.1 Å². The van der Waals surface area contributed by atoms with E-state index in [0.717, 1.165) is 22.2 Å². The average molecular weight is 399 g/mol. The maximum Gasteiger partial charge on any atom is 0.254 e. The lowest BCUT2D eigenvalue weighted by molar-refractivity contribution is 0.0638. The summed E-state index contributed by atoms with van der Waals surface area (Å²) in [5.74, 6) is 1.00. The van der Waals surface area contributed by atoms with Gasteiger partial charge in [-0.05, 0) is 42.6 Å². The lowest BCUT2D eigenvalue weighted by atomic mass is 10.1. The average Bonchev–Trinajstić information content (AvgIpc) is 3.36. The summed E-state index contributed by atoms with van der Waals surface area (Å²) in [5, 5.41) is 11.6. The Labute approximate surface area is 161 Å². The van der Waals surface area contributed by atoms with E-state index < -0.39 is 0 Å². The molecular formula is C18H14FN5OS2. The molecule has 5 rings (SSSR count). The maximum absolute atomic E-state index is 13.1. The molecule has 1 aliphatic rings. The molecule has 4 aromatic rings. The SMILES string of the molecule is C[C@@H]1c2nnc(-c3nc4ccsc4s3)n2CCN1C(=O)c1ccc(F)cc1. The van der Waals surface area contributed by atoms with Crippen LogP contribution in [0.3, 0.4) is 0 Å². The number of rotatable bonds is 2. The highest BCUT2D eigenvalue weighted by Crippen LogP contribution is 2.35. The lowest BCUT2D eigenvalue weighted by Gasteiger charge is -2.33. The molecule has 0 bridgehead atoms. The summed E-state index contributed by atoms with van der Waals surface area (Å²) in [4.78, 5) is 19.2. The van der Waals surface area contributed by atoms with Crippen molar-refractivity contribution in [1.29, 1.82) is 0 Å². The van der Waals surface area contributed by atoms with Crippen molar-refractivity contribution in [2.45, 2.75) is 19.5 Å². The summed E-state index contributed by atoms with van der Waals surface area (Å²) in [6, 6.07) is 7.40. The molecule has 0 unspecified atom stereocenters. The molecule has 0 N–H and O–H groups in total. The van der Waals surface area contributed by atoms with E-state index in [1.165, 1.54) is 28.3 Å². The van der Waals surface area contributed by atoms with Gasteiger partial charge < -0.3 is 9.47 Å². The van der Waals surface area contributed by atoms with Crippen LogP contribution in [0.4, 0.5) is 4.39 Å². The number of thiophene rings is 1. The first-order valence-electron chi connectivity index (χ1n) is 8.46. The minimum Gasteiger partial charge on any atom is -0.327 e. The Morgan fingerprint density at radius 3 is 2.78 bits per heavy atom. The minimum atomic E-state index is -0.356. The summed E-state index contributed by atoms with van der Waals surface area (Å²) in [6.45, 7) is 3.07. The molecule has 0 fully saturated rings. The summed E-state index contributed by atoms with van der Waals surface area (Å²) >= 11 is 3.27. The fraction of sp³-hybridized carbons (Fsp3) is 0.222. The predicted octanol–water partition coefficient (Wildman–Crippen LogP) is 3.97. The highest BCUT2D eigenvalue weighted by atomic mass is 32.2. The number of halogens is 1. The summed E-state index contributed by atoms with van der Waals surface area (Å²) in [6.07, 6.45) is 0. The van der Waals surface area contributed by atoms with E-state index in [1.807, 2.05) is 22.9 Å². The summed E-state index contributed by atoms with van der Waals surface area (Å²) in [7, 11) is 0. The van der Waals surface area contributed by atoms with Gasteiger partial charge in [0, 0.05) is 18.7 Å². The first kappa shape index (κ1) is 16.5. The van der Waals surface area contributed by atoms with Gasteiger partial charge in [0.25, 0.3) is 5.91 Å². The lowest BCUT2D eigenvalue weighted by Crippen LogP contribution is -2.41. The van der Waals surface area contributed by atoms with E-state index >= 15 is 0 Å². The van der Waals surface area contributed by atoms with Gasteiger partial charge in [-0.3, -0.25) is 4.79 Å². The third kappa shape index (κ3) is 2.65. The molecule has 0 saturated carbocycles. The molecule has 9 heteroatoms. The van der Waals surface area contributed by atoms with Crippen LogP contribution in [0, 0.1) is 5.82 Å². The molecule has 1 aliphatic heterocycles. The van der Waals surface area contributed by atoms with Crippen molar-refractivity contribution in [1.82, 2.24) is 24.6 Å². The number of amides is 1. The standard InChI is InChI=1S/C18H14FN5OS2/c1-10-14-21-22-15(16-20-13-6-9-26-18(13)27-16)24(14)8-7-23(10)17(25)11-2-4-12(19)5-3-11/h2-6,9-10H,7-8H2,1H3/t10-/m1/s1. The third-order valence-electron chi connectivity index (χ3n) is 4.75. The van der Waals surface area contributed by atoms with E-state index in [2.05, 4.69) is 15.2 Å². The Morgan fingerprint density at radius 2 is 2.00 bits per heavy atom. The zero-order chi connectivity index (χ0) is 18.5. The number of benzene rings is 1. The Bertz CT molecular complexity index is 1120. The van der Waals surface area contributed by atoms with E-state index in [9.17, 15) is 9.18 Å². The minimum absolute atomic E-state index is 0.131. The number of aromatic nitrogens is 4. The zero-order valence-electron chi connectivity index (χ0n) is 14.3. The largest absolute Gasteiger partial charge is 0.327 e. The van der Waals surface area contributed by atoms with Crippen LogP contribution in [0.25, 0.3) is 20.4 Å². The number of carbonyl (C=O) groups is 1. The molecule has 3 aromatic heterocycles. The van der Waals surface area contributed by atoms with Crippen molar-refractivity contribution >= 4 is 38.1 Å². The predicted molar refractivity (Wildman–Crippen MR) is 102 cm³/mol. The van der Waals surface area contributed by atoms with Crippen molar-refractivity contribution in [3.8, 4) is 10.8 Å². The molecule has 1 aromatic carbocycles. The van der Waals surface area contributed by atoms with Crippen molar-refractivity contribution in [2.75, 3.05) is 6.54 Å². The van der Waals surface area contributed by atoms with Crippen LogP contribution in [-0.4, -0.2) is 37.1 Å². The normalized spacial score (nSPS) is 16.7. The first-order chi connectivity index (χ1) is 13.1. The van der Waals surface area contributed by atoms with Crippen LogP contribution in [-0.2, 0) is 6.54 Å². The van der Waals surface area contributed by atoms with E-state index in [-0.39, 0.29) is 17.8 Å². The smallest absolute Gasteiger partial charge is 0.254 e. The van der Waals surface area contributed by atoms with Gasteiger partial charge in [0.2, 0.25) is 0 Å². The highest BCUT2D eigenvalue weighted by Gasteiger charge is 2.32. The monoisotopic (exact) mass is 399 g/mol. The molecular weight excluding hydrogens is 385 g/mol. The first-order valence-corrected chi connectivity index (χ1v) is 10.2. The van der Waals surface area contributed by atoms with Crippen LogP contribution in [0.5, 0.6) is 0 Å². The Hall–Kier alpha value is -2.65. The molecule has 1 amide bonds. The fourth-order valence-corrected chi connectivity index (χ4v) is 5.27. The Balaban J connectivity index is 1.47. The summed E-state index contributed by atoms with van der Waals surface area (Å²) in [5.41, 5.74) is 1.45. The quantitative estimate of drug-likeness (QED) is 0.512.